The second-order valence-electron chi connectivity index (χ2n) is 4.26. The zero-order chi connectivity index (χ0) is 16.0. The van der Waals surface area contributed by atoms with Gasteiger partial charge in [-0.3, -0.25) is 9.59 Å². The van der Waals surface area contributed by atoms with E-state index in [1.165, 1.54) is 18.2 Å². The van der Waals surface area contributed by atoms with E-state index in [2.05, 4.69) is 10.0 Å². The maximum Gasteiger partial charge on any atom is 0.242 e. The number of anilines is 1. The van der Waals surface area contributed by atoms with Gasteiger partial charge < -0.3 is 16.8 Å². The van der Waals surface area contributed by atoms with Gasteiger partial charge in [0.25, 0.3) is 0 Å². The maximum atomic E-state index is 12.0. The van der Waals surface area contributed by atoms with E-state index in [9.17, 15) is 18.0 Å². The molecule has 1 atom stereocenters. The van der Waals surface area contributed by atoms with Gasteiger partial charge in [0.05, 0.1) is 18.2 Å². The molecule has 2 amide bonds. The molecule has 8 nitrogen and oxygen atoms in total. The molecule has 1 unspecified atom stereocenters. The lowest BCUT2D eigenvalue weighted by atomic mass is 10.2. The van der Waals surface area contributed by atoms with Crippen LogP contribution in [0, 0.1) is 0 Å². The summed E-state index contributed by atoms with van der Waals surface area (Å²) in [6.45, 7) is 1.85. The lowest BCUT2D eigenvalue weighted by Gasteiger charge is -2.14. The van der Waals surface area contributed by atoms with Crippen LogP contribution in [0.15, 0.2) is 29.2 Å². The van der Waals surface area contributed by atoms with Crippen LogP contribution in [0.5, 0.6) is 0 Å². The van der Waals surface area contributed by atoms with Crippen LogP contribution in [-0.4, -0.2) is 32.8 Å². The fourth-order valence-electron chi connectivity index (χ4n) is 1.61. The summed E-state index contributed by atoms with van der Waals surface area (Å²) in [5.41, 5.74) is 10.6. The smallest absolute Gasteiger partial charge is 0.242 e. The number of sulfonamides is 1. The lowest BCUT2D eigenvalue weighted by Crippen LogP contribution is -2.39. The number of hydrogen-bond acceptors (Lipinski definition) is 5. The van der Waals surface area contributed by atoms with Gasteiger partial charge >= 0.3 is 0 Å². The predicted octanol–water partition coefficient (Wildman–Crippen LogP) is -0.874. The maximum absolute atomic E-state index is 12.0. The molecule has 1 rings (SSSR count). The van der Waals surface area contributed by atoms with E-state index >= 15 is 0 Å². The molecule has 1 aromatic rings. The van der Waals surface area contributed by atoms with Crippen molar-refractivity contribution >= 4 is 27.5 Å². The molecule has 0 heterocycles. The van der Waals surface area contributed by atoms with Gasteiger partial charge in [-0.2, -0.15) is 0 Å². The number of nitrogens with one attached hydrogen (secondary N) is 2. The van der Waals surface area contributed by atoms with Crippen molar-refractivity contribution in [1.82, 2.24) is 4.72 Å². The highest BCUT2D eigenvalue weighted by atomic mass is 32.2. The zero-order valence-corrected chi connectivity index (χ0v) is 12.3. The third kappa shape index (κ3) is 4.81. The van der Waals surface area contributed by atoms with Gasteiger partial charge in [0, 0.05) is 6.54 Å². The number of nitrogens with two attached hydrogens (primary N) is 2. The molecule has 0 aliphatic carbocycles. The van der Waals surface area contributed by atoms with Crippen molar-refractivity contribution in [1.29, 1.82) is 0 Å². The van der Waals surface area contributed by atoms with Crippen LogP contribution in [0.1, 0.15) is 13.3 Å². The first kappa shape index (κ1) is 17.1. The van der Waals surface area contributed by atoms with Crippen LogP contribution in [0.2, 0.25) is 0 Å². The first-order valence-corrected chi connectivity index (χ1v) is 7.69. The average molecular weight is 314 g/mol. The zero-order valence-electron chi connectivity index (χ0n) is 11.5. The molecule has 0 spiro atoms. The van der Waals surface area contributed by atoms with Crippen molar-refractivity contribution in [3.05, 3.63) is 24.3 Å². The first-order valence-electron chi connectivity index (χ1n) is 6.21. The van der Waals surface area contributed by atoms with Gasteiger partial charge in [-0.15, -0.1) is 0 Å². The second kappa shape index (κ2) is 7.16. The molecule has 0 saturated heterocycles. The Bertz CT molecular complexity index is 630. The van der Waals surface area contributed by atoms with Gasteiger partial charge in [0.2, 0.25) is 21.8 Å². The molecule has 0 fully saturated rings. The fourth-order valence-corrected chi connectivity index (χ4v) is 2.81. The van der Waals surface area contributed by atoms with Crippen LogP contribution in [0.4, 0.5) is 5.69 Å². The predicted molar refractivity (Wildman–Crippen MR) is 77.7 cm³/mol. The number of hydrogen-bond donors (Lipinski definition) is 4. The number of benzene rings is 1. The second-order valence-corrected chi connectivity index (χ2v) is 6.00. The number of carbonyl (C=O) groups excluding carboxylic acids is 2. The molecule has 1 aromatic carbocycles. The van der Waals surface area contributed by atoms with Crippen molar-refractivity contribution in [2.75, 3.05) is 11.9 Å². The number of primary amides is 1. The summed E-state index contributed by atoms with van der Waals surface area (Å²) in [5.74, 6) is -1.40. The Morgan fingerprint density at radius 3 is 2.48 bits per heavy atom. The van der Waals surface area contributed by atoms with Gasteiger partial charge in [-0.1, -0.05) is 19.1 Å². The van der Waals surface area contributed by atoms with Gasteiger partial charge in [0.1, 0.15) is 4.90 Å². The van der Waals surface area contributed by atoms with Crippen molar-refractivity contribution in [2.24, 2.45) is 11.5 Å². The lowest BCUT2D eigenvalue weighted by molar-refractivity contribution is -0.123. The van der Waals surface area contributed by atoms with Crippen molar-refractivity contribution in [3.8, 4) is 0 Å². The number of rotatable bonds is 7. The summed E-state index contributed by atoms with van der Waals surface area (Å²) >= 11 is 0. The summed E-state index contributed by atoms with van der Waals surface area (Å²) < 4.78 is 26.4. The third-order valence-electron chi connectivity index (χ3n) is 2.53. The molecule has 9 heteroatoms. The Morgan fingerprint density at radius 2 is 1.90 bits per heavy atom. The van der Waals surface area contributed by atoms with Gasteiger partial charge in [-0.05, 0) is 12.1 Å². The van der Waals surface area contributed by atoms with Crippen molar-refractivity contribution < 1.29 is 18.0 Å². The molecule has 6 N–H and O–H groups in total. The quantitative estimate of drug-likeness (QED) is 0.517. The minimum absolute atomic E-state index is 0.0773. The fraction of sp³-hybridized carbons (Fsp3) is 0.333. The van der Waals surface area contributed by atoms with Crippen molar-refractivity contribution in [2.45, 2.75) is 24.3 Å². The number of carbonyl (C=O) groups is 2. The van der Waals surface area contributed by atoms with Crippen LogP contribution in [0.3, 0.4) is 0 Å². The summed E-state index contributed by atoms with van der Waals surface area (Å²) in [7, 11) is -3.73. The number of para-hydroxylation sites is 1. The Hall–Kier alpha value is -1.97. The largest absolute Gasteiger partial charge is 0.370 e. The van der Waals surface area contributed by atoms with E-state index in [4.69, 9.17) is 11.5 Å². The molecule has 116 valence electrons. The SMILES string of the molecule is CCNS(=O)(=O)c1ccccc1NC(=O)C(N)CC(N)=O. The minimum Gasteiger partial charge on any atom is -0.370 e. The minimum atomic E-state index is -3.73. The van der Waals surface area contributed by atoms with Gasteiger partial charge in [0.15, 0.2) is 0 Å². The van der Waals surface area contributed by atoms with E-state index in [0.29, 0.717) is 0 Å². The molecular formula is C12H18N4O4S. The monoisotopic (exact) mass is 314 g/mol. The highest BCUT2D eigenvalue weighted by Crippen LogP contribution is 2.20. The van der Waals surface area contributed by atoms with Crippen molar-refractivity contribution in [3.63, 3.8) is 0 Å². The topological polar surface area (TPSA) is 144 Å². The summed E-state index contributed by atoms with van der Waals surface area (Å²) in [6, 6.07) is 4.74. The molecule has 0 aliphatic heterocycles. The number of amides is 2. The molecule has 0 saturated carbocycles. The van der Waals surface area contributed by atoms with E-state index in [1.807, 2.05) is 0 Å². The summed E-state index contributed by atoms with van der Waals surface area (Å²) in [5, 5.41) is 2.39. The molecule has 0 aliphatic rings. The highest BCUT2D eigenvalue weighted by Gasteiger charge is 2.21. The third-order valence-corrected chi connectivity index (χ3v) is 4.13. The summed E-state index contributed by atoms with van der Waals surface area (Å²) in [4.78, 5) is 22.5. The molecule has 0 aromatic heterocycles. The Labute approximate surface area is 122 Å². The van der Waals surface area contributed by atoms with E-state index in [0.717, 1.165) is 0 Å². The molecule has 0 bridgehead atoms. The van der Waals surface area contributed by atoms with E-state index in [-0.39, 0.29) is 23.5 Å². The van der Waals surface area contributed by atoms with E-state index in [1.54, 1.807) is 13.0 Å². The standard InChI is InChI=1S/C12H18N4O4S/c1-2-15-21(19,20)10-6-4-3-5-9(10)16-12(18)8(13)7-11(14)17/h3-6,8,15H,2,7,13H2,1H3,(H2,14,17)(H,16,18). The van der Waals surface area contributed by atoms with Crippen LogP contribution >= 0.6 is 0 Å². The first-order chi connectivity index (χ1) is 9.77. The normalized spacial score (nSPS) is 12.7. The highest BCUT2D eigenvalue weighted by molar-refractivity contribution is 7.89. The average Bonchev–Trinajstić information content (AvgIpc) is 2.38. The Kier molecular flexibility index (Phi) is 5.82. The Morgan fingerprint density at radius 1 is 1.29 bits per heavy atom. The van der Waals surface area contributed by atoms with Crippen LogP contribution in [-0.2, 0) is 19.6 Å². The summed E-state index contributed by atoms with van der Waals surface area (Å²) in [6.07, 6.45) is -0.325. The van der Waals surface area contributed by atoms with Crippen LogP contribution in [0.25, 0.3) is 0 Å². The molecule has 0 radical (unpaired) electrons. The van der Waals surface area contributed by atoms with E-state index < -0.39 is 27.9 Å². The van der Waals surface area contributed by atoms with Gasteiger partial charge in [-0.25, -0.2) is 13.1 Å². The Balaban J connectivity index is 3.00. The molecular weight excluding hydrogens is 296 g/mol. The van der Waals surface area contributed by atoms with Crippen LogP contribution < -0.4 is 21.5 Å². The molecule has 21 heavy (non-hydrogen) atoms.